The van der Waals surface area contributed by atoms with Gasteiger partial charge in [-0.3, -0.25) is 14.5 Å². The average molecular weight is 728 g/mol. The summed E-state index contributed by atoms with van der Waals surface area (Å²) in [6.45, 7) is 4.02. The Morgan fingerprint density at radius 2 is 1.41 bits per heavy atom. The minimum absolute atomic E-state index is 0.0577. The Balaban J connectivity index is 0.954. The molecule has 3 aliphatic rings. The van der Waals surface area contributed by atoms with Crippen LogP contribution in [-0.4, -0.2) is 90.5 Å². The number of imidazole rings is 2. The maximum absolute atomic E-state index is 13.9. The van der Waals surface area contributed by atoms with E-state index in [9.17, 15) is 19.5 Å². The number of amides is 3. The lowest BCUT2D eigenvalue weighted by Gasteiger charge is -2.32. The van der Waals surface area contributed by atoms with Gasteiger partial charge < -0.3 is 29.6 Å². The maximum atomic E-state index is 13.9. The summed E-state index contributed by atoms with van der Waals surface area (Å²) in [6.07, 6.45) is 7.28. The van der Waals surface area contributed by atoms with Gasteiger partial charge in [-0.25, -0.2) is 14.8 Å². The number of hydrogen-bond acceptors (Lipinski definition) is 6. The predicted octanol–water partition coefficient (Wildman–Crippen LogP) is 7.30. The van der Waals surface area contributed by atoms with Crippen LogP contribution in [0.5, 0.6) is 0 Å². The van der Waals surface area contributed by atoms with E-state index in [4.69, 9.17) is 14.7 Å². The number of H-pyrrole nitrogens is 2. The number of rotatable bonds is 9. The molecule has 0 radical (unpaired) electrons. The van der Waals surface area contributed by atoms with Gasteiger partial charge in [-0.2, -0.15) is 0 Å². The monoisotopic (exact) mass is 727 g/mol. The number of likely N-dealkylation sites (N-methyl/N-ethyl adjacent to an activating group) is 1. The molecule has 54 heavy (non-hydrogen) atoms. The van der Waals surface area contributed by atoms with Gasteiger partial charge >= 0.3 is 6.09 Å². The minimum atomic E-state index is -1.16. The van der Waals surface area contributed by atoms with Gasteiger partial charge in [-0.1, -0.05) is 66.7 Å². The molecule has 3 N–H and O–H groups in total. The fraction of sp³-hybridized carbons (Fsp3) is 0.357. The fourth-order valence-corrected chi connectivity index (χ4v) is 8.31. The largest absolute Gasteiger partial charge is 0.465 e. The second-order valence-electron chi connectivity index (χ2n) is 14.6. The summed E-state index contributed by atoms with van der Waals surface area (Å²) in [5.41, 5.74) is 7.75. The number of benzene rings is 3. The number of carbonyl (C=O) groups is 3. The zero-order chi connectivity index (χ0) is 37.3. The lowest BCUT2D eigenvalue weighted by molar-refractivity contribution is -0.142. The molecular weight excluding hydrogens is 683 g/mol. The van der Waals surface area contributed by atoms with E-state index in [1.54, 1.807) is 23.2 Å². The van der Waals surface area contributed by atoms with Crippen LogP contribution in [0.25, 0.3) is 33.6 Å². The van der Waals surface area contributed by atoms with E-state index in [-0.39, 0.29) is 30.0 Å². The van der Waals surface area contributed by atoms with Crippen molar-refractivity contribution in [2.45, 2.75) is 69.7 Å². The van der Waals surface area contributed by atoms with Crippen molar-refractivity contribution in [3.8, 4) is 33.6 Å². The fourth-order valence-electron chi connectivity index (χ4n) is 8.31. The second kappa shape index (κ2) is 14.9. The first-order valence-corrected chi connectivity index (χ1v) is 18.8. The van der Waals surface area contributed by atoms with E-state index in [1.807, 2.05) is 29.3 Å². The molecule has 12 nitrogen and oxygen atoms in total. The van der Waals surface area contributed by atoms with Crippen molar-refractivity contribution in [2.24, 2.45) is 0 Å². The van der Waals surface area contributed by atoms with Crippen molar-refractivity contribution >= 4 is 17.9 Å². The summed E-state index contributed by atoms with van der Waals surface area (Å²) < 4.78 is 5.68. The van der Waals surface area contributed by atoms with Gasteiger partial charge in [0, 0.05) is 26.7 Å². The highest BCUT2D eigenvalue weighted by Crippen LogP contribution is 2.37. The number of aryl methyl sites for hydroxylation is 1. The Kier molecular flexibility index (Phi) is 9.76. The molecule has 0 saturated carbocycles. The first-order valence-electron chi connectivity index (χ1n) is 18.8. The van der Waals surface area contributed by atoms with Crippen LogP contribution < -0.4 is 0 Å². The van der Waals surface area contributed by atoms with Crippen molar-refractivity contribution in [1.82, 2.24) is 34.6 Å². The topological polar surface area (TPSA) is 148 Å². The Labute approximate surface area is 314 Å². The Morgan fingerprint density at radius 3 is 2.04 bits per heavy atom. The van der Waals surface area contributed by atoms with Gasteiger partial charge in [0.15, 0.2) is 0 Å². The summed E-state index contributed by atoms with van der Waals surface area (Å²) in [4.78, 5) is 60.2. The van der Waals surface area contributed by atoms with Crippen molar-refractivity contribution in [3.63, 3.8) is 0 Å². The van der Waals surface area contributed by atoms with Crippen molar-refractivity contribution in [3.05, 3.63) is 108 Å². The zero-order valence-corrected chi connectivity index (χ0v) is 30.6. The molecule has 3 saturated heterocycles. The lowest BCUT2D eigenvalue weighted by atomic mass is 9.96. The third-order valence-corrected chi connectivity index (χ3v) is 11.2. The smallest absolute Gasteiger partial charge is 0.407 e. The number of nitrogens with zero attached hydrogens (tertiary/aromatic N) is 5. The van der Waals surface area contributed by atoms with Gasteiger partial charge in [-0.15, -0.1) is 0 Å². The van der Waals surface area contributed by atoms with E-state index >= 15 is 0 Å². The van der Waals surface area contributed by atoms with Crippen molar-refractivity contribution in [2.75, 3.05) is 26.7 Å². The Morgan fingerprint density at radius 1 is 0.796 bits per heavy atom. The maximum Gasteiger partial charge on any atom is 0.407 e. The van der Waals surface area contributed by atoms with Crippen molar-refractivity contribution in [1.29, 1.82) is 0 Å². The number of carboxylic acid groups (broad SMARTS) is 1. The van der Waals surface area contributed by atoms with Crippen LogP contribution in [-0.2, 0) is 14.3 Å². The second-order valence-corrected chi connectivity index (χ2v) is 14.6. The summed E-state index contributed by atoms with van der Waals surface area (Å²) in [6, 6.07) is 22.5. The molecule has 278 valence electrons. The predicted molar refractivity (Wildman–Crippen MR) is 203 cm³/mol. The van der Waals surface area contributed by atoms with Crippen LogP contribution >= 0.6 is 0 Å². The normalized spacial score (nSPS) is 20.4. The van der Waals surface area contributed by atoms with E-state index in [2.05, 4.69) is 59.4 Å². The summed E-state index contributed by atoms with van der Waals surface area (Å²) in [5, 5.41) is 9.79. The Hall–Kier alpha value is -5.75. The van der Waals surface area contributed by atoms with Gasteiger partial charge in [-0.05, 0) is 84.9 Å². The summed E-state index contributed by atoms with van der Waals surface area (Å²) in [5.74, 6) is 1.34. The van der Waals surface area contributed by atoms with E-state index in [1.165, 1.54) is 7.05 Å². The molecule has 3 aromatic carbocycles. The molecule has 5 heterocycles. The highest BCUT2D eigenvalue weighted by Gasteiger charge is 2.39. The highest BCUT2D eigenvalue weighted by molar-refractivity contribution is 5.87. The number of nitrogens with one attached hydrogen (secondary N) is 2. The number of aromatic nitrogens is 4. The third-order valence-electron chi connectivity index (χ3n) is 11.2. The molecule has 5 aromatic rings. The molecule has 0 unspecified atom stereocenters. The van der Waals surface area contributed by atoms with Crippen LogP contribution in [0.1, 0.15) is 79.4 Å². The van der Waals surface area contributed by atoms with E-state index < -0.39 is 12.1 Å². The molecule has 12 heteroatoms. The number of hydrogen-bond donors (Lipinski definition) is 3. The number of likely N-dealkylation sites (tertiary alicyclic amines) is 2. The zero-order valence-electron chi connectivity index (χ0n) is 30.6. The van der Waals surface area contributed by atoms with E-state index in [0.29, 0.717) is 24.5 Å². The van der Waals surface area contributed by atoms with Crippen LogP contribution in [0, 0.1) is 6.92 Å². The number of aromatic amines is 2. The van der Waals surface area contributed by atoms with Crippen molar-refractivity contribution < 1.29 is 24.2 Å². The quantitative estimate of drug-likeness (QED) is 0.144. The first kappa shape index (κ1) is 35.3. The summed E-state index contributed by atoms with van der Waals surface area (Å²) in [7, 11) is 1.44. The van der Waals surface area contributed by atoms with E-state index in [0.717, 1.165) is 95.0 Å². The molecule has 4 atom stereocenters. The molecule has 3 fully saturated rings. The van der Waals surface area contributed by atoms with Gasteiger partial charge in [0.1, 0.15) is 23.8 Å². The molecule has 0 spiro atoms. The molecule has 0 aliphatic carbocycles. The molecule has 8 rings (SSSR count). The number of ether oxygens (including phenoxy) is 1. The molecule has 2 aromatic heterocycles. The van der Waals surface area contributed by atoms with Crippen LogP contribution in [0.2, 0.25) is 0 Å². The third kappa shape index (κ3) is 6.77. The van der Waals surface area contributed by atoms with Crippen LogP contribution in [0.15, 0.2) is 85.2 Å². The highest BCUT2D eigenvalue weighted by atomic mass is 16.5. The minimum Gasteiger partial charge on any atom is -0.465 e. The first-order chi connectivity index (χ1) is 26.3. The van der Waals surface area contributed by atoms with Gasteiger partial charge in [0.05, 0.1) is 35.9 Å². The average Bonchev–Trinajstić information content (AvgIpc) is 4.04. The molecule has 3 aliphatic heterocycles. The molecular formula is C42H45N7O5. The van der Waals surface area contributed by atoms with Gasteiger partial charge in [0.2, 0.25) is 0 Å². The SMILES string of the molecule is Cc1cc(-c2cnc([C@@H]3CCCN3C(=O)[C@@H]3CCCO3)[nH]2)ccc1-c1ccc(-c2cnc([C@@H]3CCCN3C(=O)[C@@H](c3ccccc3)N(C)C(=O)O)[nH]2)cc1. The molecule has 3 amide bonds. The van der Waals surface area contributed by atoms with Gasteiger partial charge in [0.25, 0.3) is 11.8 Å². The number of carbonyl (C=O) groups excluding carboxylic acids is 2. The standard InChI is InChI=1S/C42H45N7O5/c1-26-23-30(33-25-44-38(46-33)34-11-6-20-48(34)40(50)36-13-8-22-54-36)18-19-31(26)27-14-16-28(17-15-27)32-24-43-39(45-32)35-12-7-21-49(35)41(51)37(47(2)42(52)53)29-9-4-3-5-10-29/h3-5,9-10,14-19,23-25,34-37H,6-8,11-13,20-22H2,1-2H3,(H,43,45)(H,44,46)(H,52,53)/t34-,35-,36-,37+/m0/s1. The van der Waals surface area contributed by atoms with Crippen LogP contribution in [0.4, 0.5) is 4.79 Å². The lowest BCUT2D eigenvalue weighted by Crippen LogP contribution is -2.43. The van der Waals surface area contributed by atoms with Crippen LogP contribution in [0.3, 0.4) is 0 Å². The molecule has 0 bridgehead atoms. The summed E-state index contributed by atoms with van der Waals surface area (Å²) >= 11 is 0. The Bertz CT molecular complexity index is 2140.